The van der Waals surface area contributed by atoms with Crippen molar-refractivity contribution in [1.82, 2.24) is 0 Å². The van der Waals surface area contributed by atoms with Gasteiger partial charge in [0.05, 0.1) is 6.61 Å². The Bertz CT molecular complexity index is 493. The molecule has 0 radical (unpaired) electrons. The fraction of sp³-hybridized carbons (Fsp3) is 0.467. The van der Waals surface area contributed by atoms with Gasteiger partial charge >= 0.3 is 5.97 Å². The second kappa shape index (κ2) is 5.87. The number of ketones is 1. The quantitative estimate of drug-likeness (QED) is 0.765. The summed E-state index contributed by atoms with van der Waals surface area (Å²) in [6.45, 7) is 3.96. The molecule has 4 nitrogen and oxygen atoms in total. The SMILES string of the molecule is CCOC(=O)C(CC)Oc1ccc2c(c1)C(=O)CC2. The molecule has 0 saturated heterocycles. The van der Waals surface area contributed by atoms with Gasteiger partial charge in [-0.2, -0.15) is 0 Å². The van der Waals surface area contributed by atoms with E-state index in [1.165, 1.54) is 0 Å². The van der Waals surface area contributed by atoms with E-state index in [1.54, 1.807) is 19.1 Å². The van der Waals surface area contributed by atoms with E-state index in [9.17, 15) is 9.59 Å². The molecule has 1 aliphatic rings. The number of fused-ring (bicyclic) bond motifs is 1. The molecular formula is C15H18O4. The molecule has 0 amide bonds. The van der Waals surface area contributed by atoms with Crippen molar-refractivity contribution in [2.75, 3.05) is 6.61 Å². The summed E-state index contributed by atoms with van der Waals surface area (Å²) in [5, 5.41) is 0. The first-order valence-corrected chi connectivity index (χ1v) is 6.65. The highest BCUT2D eigenvalue weighted by Gasteiger charge is 2.23. The van der Waals surface area contributed by atoms with Gasteiger partial charge in [-0.05, 0) is 37.5 Å². The number of ether oxygens (including phenoxy) is 2. The van der Waals surface area contributed by atoms with Crippen molar-refractivity contribution < 1.29 is 19.1 Å². The topological polar surface area (TPSA) is 52.6 Å². The van der Waals surface area contributed by atoms with E-state index < -0.39 is 6.10 Å². The first-order valence-electron chi connectivity index (χ1n) is 6.65. The molecule has 0 bridgehead atoms. The van der Waals surface area contributed by atoms with Crippen molar-refractivity contribution in [3.63, 3.8) is 0 Å². The number of aryl methyl sites for hydroxylation is 1. The Hall–Kier alpha value is -1.84. The van der Waals surface area contributed by atoms with E-state index in [-0.39, 0.29) is 11.8 Å². The molecular weight excluding hydrogens is 244 g/mol. The summed E-state index contributed by atoms with van der Waals surface area (Å²) in [4.78, 5) is 23.3. The van der Waals surface area contributed by atoms with Crippen LogP contribution in [0.15, 0.2) is 18.2 Å². The number of Topliss-reactive ketones (excluding diaryl/α,β-unsaturated/α-hetero) is 1. The summed E-state index contributed by atoms with van der Waals surface area (Å²) in [6.07, 6.45) is 1.27. The van der Waals surface area contributed by atoms with Crippen LogP contribution < -0.4 is 4.74 Å². The number of rotatable bonds is 5. The smallest absolute Gasteiger partial charge is 0.347 e. The molecule has 2 rings (SSSR count). The molecule has 1 aromatic carbocycles. The average Bonchev–Trinajstić information content (AvgIpc) is 2.78. The van der Waals surface area contributed by atoms with Crippen molar-refractivity contribution >= 4 is 11.8 Å². The first kappa shape index (κ1) is 13.6. The van der Waals surface area contributed by atoms with E-state index in [2.05, 4.69) is 0 Å². The minimum Gasteiger partial charge on any atom is -0.479 e. The standard InChI is InChI=1S/C15H18O4/c1-3-14(15(17)18-4-2)19-11-7-5-10-6-8-13(16)12(10)9-11/h5,7,9,14H,3-4,6,8H2,1-2H3. The summed E-state index contributed by atoms with van der Waals surface area (Å²) >= 11 is 0. The molecule has 102 valence electrons. The van der Waals surface area contributed by atoms with Crippen LogP contribution in [0.2, 0.25) is 0 Å². The zero-order valence-electron chi connectivity index (χ0n) is 11.3. The number of hydrogen-bond donors (Lipinski definition) is 0. The predicted octanol–water partition coefficient (Wildman–Crippen LogP) is 2.54. The van der Waals surface area contributed by atoms with Gasteiger partial charge in [0, 0.05) is 12.0 Å². The number of hydrogen-bond acceptors (Lipinski definition) is 4. The largest absolute Gasteiger partial charge is 0.479 e. The molecule has 1 aliphatic carbocycles. The first-order chi connectivity index (χ1) is 9.15. The monoisotopic (exact) mass is 262 g/mol. The van der Waals surface area contributed by atoms with Crippen molar-refractivity contribution in [1.29, 1.82) is 0 Å². The lowest BCUT2D eigenvalue weighted by molar-refractivity contribution is -0.151. The molecule has 0 heterocycles. The molecule has 4 heteroatoms. The Kier molecular flexibility index (Phi) is 4.20. The average molecular weight is 262 g/mol. The Morgan fingerprint density at radius 3 is 2.79 bits per heavy atom. The fourth-order valence-corrected chi connectivity index (χ4v) is 2.19. The lowest BCUT2D eigenvalue weighted by Gasteiger charge is -2.16. The Morgan fingerprint density at radius 2 is 2.11 bits per heavy atom. The van der Waals surface area contributed by atoms with Gasteiger partial charge in [0.2, 0.25) is 0 Å². The van der Waals surface area contributed by atoms with Crippen LogP contribution in [-0.2, 0) is 16.0 Å². The summed E-state index contributed by atoms with van der Waals surface area (Å²) < 4.78 is 10.6. The minimum absolute atomic E-state index is 0.143. The molecule has 0 fully saturated rings. The van der Waals surface area contributed by atoms with Crippen LogP contribution in [0.3, 0.4) is 0 Å². The van der Waals surface area contributed by atoms with Gasteiger partial charge in [0.15, 0.2) is 11.9 Å². The van der Waals surface area contributed by atoms with E-state index in [0.717, 1.165) is 17.5 Å². The molecule has 0 saturated carbocycles. The molecule has 0 N–H and O–H groups in total. The van der Waals surface area contributed by atoms with Crippen LogP contribution >= 0.6 is 0 Å². The third-order valence-corrected chi connectivity index (χ3v) is 3.20. The summed E-state index contributed by atoms with van der Waals surface area (Å²) in [7, 11) is 0. The number of carbonyl (C=O) groups is 2. The van der Waals surface area contributed by atoms with Gasteiger partial charge in [0.25, 0.3) is 0 Å². The van der Waals surface area contributed by atoms with Crippen LogP contribution in [0.5, 0.6) is 5.75 Å². The lowest BCUT2D eigenvalue weighted by atomic mass is 10.1. The molecule has 1 atom stereocenters. The van der Waals surface area contributed by atoms with Crippen molar-refractivity contribution in [3.05, 3.63) is 29.3 Å². The predicted molar refractivity (Wildman–Crippen MR) is 70.4 cm³/mol. The Balaban J connectivity index is 2.12. The van der Waals surface area contributed by atoms with E-state index in [1.807, 2.05) is 13.0 Å². The highest BCUT2D eigenvalue weighted by molar-refractivity contribution is 6.00. The molecule has 1 unspecified atom stereocenters. The zero-order valence-corrected chi connectivity index (χ0v) is 11.3. The number of carbonyl (C=O) groups excluding carboxylic acids is 2. The normalized spacial score (nSPS) is 14.9. The van der Waals surface area contributed by atoms with Gasteiger partial charge in [-0.15, -0.1) is 0 Å². The maximum Gasteiger partial charge on any atom is 0.347 e. The van der Waals surface area contributed by atoms with E-state index in [0.29, 0.717) is 25.2 Å². The maximum atomic E-state index is 11.7. The van der Waals surface area contributed by atoms with Gasteiger partial charge in [0.1, 0.15) is 5.75 Å². The molecule has 0 aliphatic heterocycles. The third-order valence-electron chi connectivity index (χ3n) is 3.20. The minimum atomic E-state index is -0.616. The Labute approximate surface area is 112 Å². The highest BCUT2D eigenvalue weighted by Crippen LogP contribution is 2.27. The second-order valence-electron chi connectivity index (χ2n) is 4.51. The second-order valence-corrected chi connectivity index (χ2v) is 4.51. The Morgan fingerprint density at radius 1 is 1.32 bits per heavy atom. The summed E-state index contributed by atoms with van der Waals surface area (Å²) in [6, 6.07) is 5.43. The number of esters is 1. The van der Waals surface area contributed by atoms with Crippen LogP contribution in [-0.4, -0.2) is 24.5 Å². The van der Waals surface area contributed by atoms with Crippen LogP contribution in [0, 0.1) is 0 Å². The van der Waals surface area contributed by atoms with Crippen LogP contribution in [0.25, 0.3) is 0 Å². The fourth-order valence-electron chi connectivity index (χ4n) is 2.19. The van der Waals surface area contributed by atoms with E-state index in [4.69, 9.17) is 9.47 Å². The van der Waals surface area contributed by atoms with Gasteiger partial charge in [-0.25, -0.2) is 4.79 Å². The van der Waals surface area contributed by atoms with Crippen molar-refractivity contribution in [2.24, 2.45) is 0 Å². The number of benzene rings is 1. The summed E-state index contributed by atoms with van der Waals surface area (Å²) in [5.41, 5.74) is 1.78. The highest BCUT2D eigenvalue weighted by atomic mass is 16.6. The van der Waals surface area contributed by atoms with Gasteiger partial charge in [-0.3, -0.25) is 4.79 Å². The van der Waals surface area contributed by atoms with Crippen molar-refractivity contribution in [3.8, 4) is 5.75 Å². The van der Waals surface area contributed by atoms with Gasteiger partial charge < -0.3 is 9.47 Å². The maximum absolute atomic E-state index is 11.7. The van der Waals surface area contributed by atoms with Gasteiger partial charge in [-0.1, -0.05) is 13.0 Å². The van der Waals surface area contributed by atoms with E-state index >= 15 is 0 Å². The van der Waals surface area contributed by atoms with Crippen LogP contribution in [0.1, 0.15) is 42.6 Å². The third kappa shape index (κ3) is 2.95. The summed E-state index contributed by atoms with van der Waals surface area (Å²) in [5.74, 6) is 0.329. The molecule has 1 aromatic rings. The lowest BCUT2D eigenvalue weighted by Crippen LogP contribution is -2.28. The molecule has 0 spiro atoms. The molecule has 19 heavy (non-hydrogen) atoms. The molecule has 0 aromatic heterocycles. The zero-order chi connectivity index (χ0) is 13.8. The van der Waals surface area contributed by atoms with Crippen LogP contribution in [0.4, 0.5) is 0 Å². The van der Waals surface area contributed by atoms with Crippen molar-refractivity contribution in [2.45, 2.75) is 39.2 Å².